The highest BCUT2D eigenvalue weighted by atomic mass is 33.7. The van der Waals surface area contributed by atoms with Crippen LogP contribution in [0.4, 0.5) is 0 Å². The van der Waals surface area contributed by atoms with Crippen LogP contribution in [0.2, 0.25) is 12.1 Å². The number of hydrogen-bond donors (Lipinski definition) is 1. The number of carboxylic acid groups (broad SMARTS) is 1. The third-order valence-electron chi connectivity index (χ3n) is 4.76. The molecule has 1 heterocycles. The van der Waals surface area contributed by atoms with E-state index in [1.165, 1.54) is 11.8 Å². The van der Waals surface area contributed by atoms with Gasteiger partial charge in [-0.15, -0.1) is 11.8 Å². The Kier molecular flexibility index (Phi) is 23.9. The van der Waals surface area contributed by atoms with Gasteiger partial charge >= 0.3 is 23.6 Å². The number of carboxylic acids is 1. The number of aliphatic carboxylic acids is 1. The average Bonchev–Trinajstić information content (AvgIpc) is 3.61. The Balaban J connectivity index is 0.00000158. The van der Waals surface area contributed by atoms with Crippen molar-refractivity contribution in [3.05, 3.63) is 0 Å². The Hall–Kier alpha value is 1.41. The zero-order chi connectivity index (χ0) is 28.0. The van der Waals surface area contributed by atoms with E-state index in [1.54, 1.807) is 6.92 Å². The van der Waals surface area contributed by atoms with Crippen molar-refractivity contribution in [2.45, 2.75) is 78.1 Å². The number of hydrogen-bond acceptors (Lipinski definition) is 12. The fourth-order valence-corrected chi connectivity index (χ4v) is 15.4. The van der Waals surface area contributed by atoms with E-state index >= 15 is 0 Å². The molecule has 1 atom stereocenters. The van der Waals surface area contributed by atoms with Crippen molar-refractivity contribution in [3.63, 3.8) is 0 Å². The van der Waals surface area contributed by atoms with Gasteiger partial charge in [-0.25, -0.2) is 0 Å². The highest BCUT2D eigenvalue weighted by Gasteiger charge is 2.46. The quantitative estimate of drug-likeness (QED) is 0.0495. The maximum Gasteiger partial charge on any atom is 0.500 e. The van der Waals surface area contributed by atoms with Crippen molar-refractivity contribution >= 4 is 76.6 Å². The summed E-state index contributed by atoms with van der Waals surface area (Å²) in [5, 5.41) is 8.29. The van der Waals surface area contributed by atoms with Gasteiger partial charge in [0.05, 0.1) is 0 Å². The van der Waals surface area contributed by atoms with Gasteiger partial charge in [0.1, 0.15) is 4.75 Å². The molecule has 0 bridgehead atoms. The van der Waals surface area contributed by atoms with Crippen LogP contribution in [0.15, 0.2) is 0 Å². The van der Waals surface area contributed by atoms with Crippen molar-refractivity contribution < 1.29 is 36.5 Å². The van der Waals surface area contributed by atoms with Crippen LogP contribution in [0.25, 0.3) is 0 Å². The van der Waals surface area contributed by atoms with E-state index in [1.807, 2.05) is 82.8 Å². The van der Waals surface area contributed by atoms with Crippen LogP contribution in [-0.2, 0) is 31.4 Å². The largest absolute Gasteiger partial charge is 0.500 e. The molecule has 37 heavy (non-hydrogen) atoms. The fourth-order valence-electron chi connectivity index (χ4n) is 3.04. The molecule has 1 fully saturated rings. The number of carbonyl (C=O) groups is 1. The summed E-state index contributed by atoms with van der Waals surface area (Å²) < 4.78 is 35.0. The van der Waals surface area contributed by atoms with Crippen LogP contribution in [0.5, 0.6) is 0 Å². The molecule has 0 amide bonds. The second-order valence-corrected chi connectivity index (χ2v) is 21.0. The normalized spacial score (nSPS) is 17.4. The molecule has 8 nitrogen and oxygen atoms in total. The third kappa shape index (κ3) is 17.8. The second-order valence-electron chi connectivity index (χ2n) is 7.78. The number of rotatable bonds is 24. The molecular formula is C22H48O8S5Si2. The Morgan fingerprint density at radius 1 is 0.730 bits per heavy atom. The second kappa shape index (κ2) is 23.0. The van der Waals surface area contributed by atoms with Crippen LogP contribution in [0.3, 0.4) is 0 Å². The van der Waals surface area contributed by atoms with Crippen molar-refractivity contribution in [2.24, 2.45) is 0 Å². The van der Waals surface area contributed by atoms with Gasteiger partial charge in [-0.1, -0.05) is 21.6 Å². The summed E-state index contributed by atoms with van der Waals surface area (Å²) in [5.41, 5.74) is 0. The smallest absolute Gasteiger partial charge is 0.480 e. The molecule has 15 heteroatoms. The van der Waals surface area contributed by atoms with Crippen molar-refractivity contribution in [1.29, 1.82) is 0 Å². The summed E-state index contributed by atoms with van der Waals surface area (Å²) in [6.45, 7) is 17.6. The minimum atomic E-state index is -2.49. The number of thioether (sulfide) groups is 1. The van der Waals surface area contributed by atoms with Crippen LogP contribution in [-0.4, -0.2) is 90.3 Å². The Morgan fingerprint density at radius 3 is 1.22 bits per heavy atom. The summed E-state index contributed by atoms with van der Waals surface area (Å²) in [7, 11) is 2.48. The average molecular weight is 657 g/mol. The Labute approximate surface area is 246 Å². The molecule has 0 radical (unpaired) electrons. The van der Waals surface area contributed by atoms with Gasteiger partial charge in [-0.3, -0.25) is 4.79 Å². The van der Waals surface area contributed by atoms with Gasteiger partial charge in [0.15, 0.2) is 0 Å². The fraction of sp³-hybridized carbons (Fsp3) is 0.955. The summed E-state index contributed by atoms with van der Waals surface area (Å²) >= 11 is 1.48. The summed E-state index contributed by atoms with van der Waals surface area (Å²) in [6.07, 6.45) is 2.08. The first-order valence-electron chi connectivity index (χ1n) is 13.0. The standard InChI is InChI=1S/C18H42O6S4Si2.C4H6O2S/c1-7-19-29(20-8-2,21-9-3)17-13-15-25-27-28-26-16-14-18-30(22-10-4,23-11-5)24-12-6;1-4(2-7-4)3(5)6/h7-18H2,1-6H3;2H2,1H3,(H,5,6). The van der Waals surface area contributed by atoms with Crippen LogP contribution < -0.4 is 0 Å². The van der Waals surface area contributed by atoms with E-state index in [-0.39, 0.29) is 0 Å². The van der Waals surface area contributed by atoms with Gasteiger partial charge in [-0.05, 0) is 81.0 Å². The van der Waals surface area contributed by atoms with Crippen molar-refractivity contribution in [1.82, 2.24) is 0 Å². The predicted molar refractivity (Wildman–Crippen MR) is 169 cm³/mol. The SMILES string of the molecule is CC1(C(=O)O)CS1.CCO[Si](CCCSSSSCCC[Si](OCC)(OCC)OCC)(OCC)OCC. The molecule has 1 aliphatic heterocycles. The lowest BCUT2D eigenvalue weighted by molar-refractivity contribution is -0.137. The van der Waals surface area contributed by atoms with Gasteiger partial charge < -0.3 is 31.7 Å². The Morgan fingerprint density at radius 2 is 1.03 bits per heavy atom. The van der Waals surface area contributed by atoms with Gasteiger partial charge in [-0.2, -0.15) is 0 Å². The minimum Gasteiger partial charge on any atom is -0.480 e. The first kappa shape index (κ1) is 38.4. The molecule has 1 N–H and O–H groups in total. The molecule has 1 aliphatic rings. The van der Waals surface area contributed by atoms with E-state index in [9.17, 15) is 4.79 Å². The van der Waals surface area contributed by atoms with E-state index in [0.29, 0.717) is 39.6 Å². The summed E-state index contributed by atoms with van der Waals surface area (Å²) in [6, 6.07) is 1.76. The highest BCUT2D eigenvalue weighted by molar-refractivity contribution is 9.26. The summed E-state index contributed by atoms with van der Waals surface area (Å²) in [4.78, 5) is 10.1. The third-order valence-corrected chi connectivity index (χ3v) is 19.0. The van der Waals surface area contributed by atoms with E-state index < -0.39 is 28.3 Å². The van der Waals surface area contributed by atoms with E-state index in [0.717, 1.165) is 42.2 Å². The molecule has 0 spiro atoms. The van der Waals surface area contributed by atoms with Crippen LogP contribution >= 0.6 is 53.0 Å². The van der Waals surface area contributed by atoms with Gasteiger partial charge in [0.25, 0.3) is 0 Å². The molecule has 0 aromatic carbocycles. The molecule has 1 rings (SSSR count). The molecule has 1 saturated heterocycles. The zero-order valence-corrected chi connectivity index (χ0v) is 29.6. The van der Waals surface area contributed by atoms with E-state index in [4.69, 9.17) is 31.7 Å². The van der Waals surface area contributed by atoms with E-state index in [2.05, 4.69) is 0 Å². The van der Waals surface area contributed by atoms with Crippen molar-refractivity contribution in [3.8, 4) is 0 Å². The van der Waals surface area contributed by atoms with Crippen LogP contribution in [0.1, 0.15) is 61.3 Å². The van der Waals surface area contributed by atoms with Crippen molar-refractivity contribution in [2.75, 3.05) is 56.9 Å². The molecule has 0 saturated carbocycles. The first-order valence-corrected chi connectivity index (χ1v) is 23.0. The molecule has 0 aromatic heterocycles. The predicted octanol–water partition coefficient (Wildman–Crippen LogP) is 7.12. The maximum absolute atomic E-state index is 10.1. The molecule has 222 valence electrons. The molecule has 0 aliphatic carbocycles. The Bertz CT molecular complexity index is 511. The first-order chi connectivity index (χ1) is 17.7. The maximum atomic E-state index is 10.1. The van der Waals surface area contributed by atoms with Gasteiger partial charge in [0.2, 0.25) is 0 Å². The van der Waals surface area contributed by atoms with Crippen LogP contribution in [0, 0.1) is 0 Å². The topological polar surface area (TPSA) is 92.7 Å². The van der Waals surface area contributed by atoms with Gasteiger partial charge in [0, 0.05) is 69.0 Å². The minimum absolute atomic E-state index is 0.417. The highest BCUT2D eigenvalue weighted by Crippen LogP contribution is 2.44. The summed E-state index contributed by atoms with van der Waals surface area (Å²) in [5.74, 6) is 2.23. The lowest BCUT2D eigenvalue weighted by Gasteiger charge is -2.28. The molecule has 0 aromatic rings. The lowest BCUT2D eigenvalue weighted by atomic mass is 10.2. The molecular weight excluding hydrogens is 609 g/mol. The molecule has 1 unspecified atom stereocenters. The zero-order valence-electron chi connectivity index (χ0n) is 23.5. The lowest BCUT2D eigenvalue weighted by Crippen LogP contribution is -2.46. The monoisotopic (exact) mass is 656 g/mol.